The molecule has 3 rings (SSSR count). The lowest BCUT2D eigenvalue weighted by atomic mass is 10.1. The van der Waals surface area contributed by atoms with Crippen LogP contribution in [0.4, 0.5) is 5.69 Å². The number of nitrogens with one attached hydrogen (secondary N) is 1. The first kappa shape index (κ1) is 27.1. The number of methoxy groups -OCH3 is 1. The summed E-state index contributed by atoms with van der Waals surface area (Å²) in [6.45, 7) is 6.55. The molecule has 9 nitrogen and oxygen atoms in total. The van der Waals surface area contributed by atoms with Gasteiger partial charge in [-0.25, -0.2) is 16.8 Å². The molecule has 0 radical (unpaired) electrons. The van der Waals surface area contributed by atoms with Crippen LogP contribution in [0.25, 0.3) is 0 Å². The highest BCUT2D eigenvalue weighted by Gasteiger charge is 2.33. The van der Waals surface area contributed by atoms with E-state index in [9.17, 15) is 21.6 Å². The van der Waals surface area contributed by atoms with E-state index in [1.165, 1.54) is 58.2 Å². The number of anilines is 1. The van der Waals surface area contributed by atoms with Crippen LogP contribution in [0.1, 0.15) is 50.4 Å². The molecule has 0 spiro atoms. The Morgan fingerprint density at radius 2 is 1.71 bits per heavy atom. The Hall–Kier alpha value is -2.47. The molecule has 11 heteroatoms. The number of carbonyl (C=O) groups is 1. The topological polar surface area (TPSA) is 113 Å². The van der Waals surface area contributed by atoms with Crippen LogP contribution < -0.4 is 10.1 Å². The highest BCUT2D eigenvalue weighted by molar-refractivity contribution is 7.89. The quantitative estimate of drug-likeness (QED) is 0.538. The van der Waals surface area contributed by atoms with Gasteiger partial charge in [-0.2, -0.15) is 8.61 Å². The Labute approximate surface area is 208 Å². The summed E-state index contributed by atoms with van der Waals surface area (Å²) in [4.78, 5) is 13.0. The van der Waals surface area contributed by atoms with Crippen LogP contribution in [0.3, 0.4) is 0 Å². The molecule has 1 aliphatic rings. The van der Waals surface area contributed by atoms with Crippen molar-refractivity contribution in [1.82, 2.24) is 8.61 Å². The molecule has 0 bridgehead atoms. The third kappa shape index (κ3) is 5.69. The summed E-state index contributed by atoms with van der Waals surface area (Å²) in [6, 6.07) is 10.0. The van der Waals surface area contributed by atoms with Crippen molar-refractivity contribution in [2.24, 2.45) is 0 Å². The standard InChI is InChI=1S/C24H33N3O6S2/c1-5-26(6-2)34(29,30)21-13-11-20(12-14-21)25-24(28)19-10-15-22(33-4)23(17-19)35(31,32)27-16-8-7-9-18(27)3/h10-15,17-18H,5-9,16H2,1-4H3,(H,25,28). The van der Waals surface area contributed by atoms with Crippen LogP contribution in [0.15, 0.2) is 52.3 Å². The highest BCUT2D eigenvalue weighted by Crippen LogP contribution is 2.32. The maximum atomic E-state index is 13.4. The molecule has 1 saturated heterocycles. The number of rotatable bonds is 9. The van der Waals surface area contributed by atoms with Crippen molar-refractivity contribution in [1.29, 1.82) is 0 Å². The zero-order chi connectivity index (χ0) is 25.8. The van der Waals surface area contributed by atoms with Crippen molar-refractivity contribution in [3.8, 4) is 5.75 Å². The molecule has 0 aliphatic carbocycles. The Kier molecular flexibility index (Phi) is 8.58. The average Bonchev–Trinajstić information content (AvgIpc) is 2.84. The molecule has 1 aliphatic heterocycles. The Morgan fingerprint density at radius 1 is 1.06 bits per heavy atom. The fourth-order valence-electron chi connectivity index (χ4n) is 4.20. The number of piperidine rings is 1. The first-order chi connectivity index (χ1) is 16.6. The summed E-state index contributed by atoms with van der Waals surface area (Å²) in [5, 5.41) is 2.70. The number of carbonyl (C=O) groups excluding carboxylic acids is 1. The van der Waals surface area contributed by atoms with Crippen LogP contribution in [-0.2, 0) is 20.0 Å². The van der Waals surface area contributed by atoms with Gasteiger partial charge in [-0.15, -0.1) is 0 Å². The summed E-state index contributed by atoms with van der Waals surface area (Å²) in [5.74, 6) is -0.347. The number of amides is 1. The van der Waals surface area contributed by atoms with Crippen molar-refractivity contribution in [2.45, 2.75) is 55.9 Å². The van der Waals surface area contributed by atoms with Crippen molar-refractivity contribution in [3.63, 3.8) is 0 Å². The zero-order valence-electron chi connectivity index (χ0n) is 20.5. The zero-order valence-corrected chi connectivity index (χ0v) is 22.2. The van der Waals surface area contributed by atoms with Gasteiger partial charge in [0.25, 0.3) is 5.91 Å². The van der Waals surface area contributed by atoms with E-state index < -0.39 is 26.0 Å². The van der Waals surface area contributed by atoms with Gasteiger partial charge in [-0.3, -0.25) is 4.79 Å². The molecule has 1 N–H and O–H groups in total. The van der Waals surface area contributed by atoms with Crippen LogP contribution in [0.2, 0.25) is 0 Å². The smallest absolute Gasteiger partial charge is 0.255 e. The van der Waals surface area contributed by atoms with Crippen LogP contribution in [-0.4, -0.2) is 64.1 Å². The third-order valence-corrected chi connectivity index (χ3v) is 10.3. The maximum absolute atomic E-state index is 13.4. The van der Waals surface area contributed by atoms with E-state index in [2.05, 4.69) is 5.32 Å². The molecule has 1 unspecified atom stereocenters. The maximum Gasteiger partial charge on any atom is 0.255 e. The van der Waals surface area contributed by atoms with Crippen molar-refractivity contribution in [3.05, 3.63) is 48.0 Å². The second kappa shape index (κ2) is 11.1. The second-order valence-corrected chi connectivity index (χ2v) is 12.2. The number of nitrogens with zero attached hydrogens (tertiary/aromatic N) is 2. The SMILES string of the molecule is CCN(CC)S(=O)(=O)c1ccc(NC(=O)c2ccc(OC)c(S(=O)(=O)N3CCCCC3C)c2)cc1. The molecule has 0 saturated carbocycles. The predicted octanol–water partition coefficient (Wildman–Crippen LogP) is 3.54. The summed E-state index contributed by atoms with van der Waals surface area (Å²) >= 11 is 0. The van der Waals surface area contributed by atoms with Crippen molar-refractivity contribution in [2.75, 3.05) is 32.1 Å². The summed E-state index contributed by atoms with van der Waals surface area (Å²) in [6.07, 6.45) is 2.54. The lowest BCUT2D eigenvalue weighted by molar-refractivity contribution is 0.102. The molecule has 35 heavy (non-hydrogen) atoms. The van der Waals surface area contributed by atoms with E-state index in [1.54, 1.807) is 13.8 Å². The van der Waals surface area contributed by atoms with Crippen LogP contribution in [0.5, 0.6) is 5.75 Å². The van der Waals surface area contributed by atoms with Gasteiger partial charge >= 0.3 is 0 Å². The minimum absolute atomic E-state index is 0.0536. The molecule has 2 aromatic rings. The molecular weight excluding hydrogens is 490 g/mol. The largest absolute Gasteiger partial charge is 0.495 e. The van der Waals surface area contributed by atoms with Gasteiger partial charge in [0.15, 0.2) is 0 Å². The Balaban J connectivity index is 1.85. The minimum atomic E-state index is -3.86. The summed E-state index contributed by atoms with van der Waals surface area (Å²) in [7, 11) is -6.08. The van der Waals surface area contributed by atoms with E-state index in [0.717, 1.165) is 19.3 Å². The van der Waals surface area contributed by atoms with Crippen LogP contribution >= 0.6 is 0 Å². The van der Waals surface area contributed by atoms with E-state index in [1.807, 2.05) is 6.92 Å². The van der Waals surface area contributed by atoms with E-state index in [4.69, 9.17) is 4.74 Å². The van der Waals surface area contributed by atoms with Gasteiger partial charge in [-0.1, -0.05) is 20.3 Å². The molecule has 1 atom stereocenters. The average molecular weight is 524 g/mol. The normalized spacial score (nSPS) is 17.3. The minimum Gasteiger partial charge on any atom is -0.495 e. The van der Waals surface area contributed by atoms with Crippen molar-refractivity contribution < 1.29 is 26.4 Å². The van der Waals surface area contributed by atoms with Gasteiger partial charge in [0.2, 0.25) is 20.0 Å². The third-order valence-electron chi connectivity index (χ3n) is 6.21. The monoisotopic (exact) mass is 523 g/mol. The Morgan fingerprint density at radius 3 is 2.29 bits per heavy atom. The van der Waals surface area contributed by atoms with Gasteiger partial charge in [0.05, 0.1) is 12.0 Å². The van der Waals surface area contributed by atoms with Crippen molar-refractivity contribution >= 4 is 31.6 Å². The van der Waals surface area contributed by atoms with E-state index in [0.29, 0.717) is 25.3 Å². The molecule has 192 valence electrons. The number of ether oxygens (including phenoxy) is 1. The molecule has 0 aromatic heterocycles. The summed E-state index contributed by atoms with van der Waals surface area (Å²) < 4.78 is 60.2. The second-order valence-electron chi connectivity index (χ2n) is 8.39. The number of hydrogen-bond donors (Lipinski definition) is 1. The first-order valence-corrected chi connectivity index (χ1v) is 14.6. The Bertz CT molecular complexity index is 1260. The summed E-state index contributed by atoms with van der Waals surface area (Å²) in [5.41, 5.74) is 0.534. The fourth-order valence-corrected chi connectivity index (χ4v) is 7.54. The predicted molar refractivity (Wildman–Crippen MR) is 135 cm³/mol. The number of sulfonamides is 2. The van der Waals surface area contributed by atoms with Gasteiger partial charge in [0, 0.05) is 36.9 Å². The molecule has 2 aromatic carbocycles. The molecule has 1 heterocycles. The van der Waals surface area contributed by atoms with Gasteiger partial charge < -0.3 is 10.1 Å². The van der Waals surface area contributed by atoms with E-state index in [-0.39, 0.29) is 27.1 Å². The van der Waals surface area contributed by atoms with Crippen LogP contribution in [0, 0.1) is 0 Å². The lowest BCUT2D eigenvalue weighted by Gasteiger charge is -2.32. The van der Waals surface area contributed by atoms with E-state index >= 15 is 0 Å². The number of hydrogen-bond acceptors (Lipinski definition) is 6. The molecule has 1 amide bonds. The highest BCUT2D eigenvalue weighted by atomic mass is 32.2. The molecule has 1 fully saturated rings. The van der Waals surface area contributed by atoms with Gasteiger partial charge in [-0.05, 0) is 62.2 Å². The number of benzene rings is 2. The van der Waals surface area contributed by atoms with Gasteiger partial charge in [0.1, 0.15) is 10.6 Å². The molecular formula is C24H33N3O6S2. The fraction of sp³-hybridized carbons (Fsp3) is 0.458. The first-order valence-electron chi connectivity index (χ1n) is 11.7. The lowest BCUT2D eigenvalue weighted by Crippen LogP contribution is -2.42.